The molecule has 1 saturated heterocycles. The molecule has 2 aromatic rings. The van der Waals surface area contributed by atoms with Crippen molar-refractivity contribution >= 4 is 0 Å². The molecule has 0 radical (unpaired) electrons. The summed E-state index contributed by atoms with van der Waals surface area (Å²) in [7, 11) is 2.06. The molecule has 1 aliphatic heterocycles. The number of nitrogens with zero attached hydrogens (tertiary/aromatic N) is 2. The lowest BCUT2D eigenvalue weighted by Gasteiger charge is -2.37. The average Bonchev–Trinajstić information content (AvgIpc) is 3.00. The van der Waals surface area contributed by atoms with Gasteiger partial charge >= 0.3 is 0 Å². The van der Waals surface area contributed by atoms with Crippen molar-refractivity contribution in [3.63, 3.8) is 0 Å². The van der Waals surface area contributed by atoms with E-state index in [1.807, 2.05) is 6.07 Å². The van der Waals surface area contributed by atoms with Gasteiger partial charge in [-0.1, -0.05) is 30.3 Å². The minimum atomic E-state index is -0.309. The fourth-order valence-corrected chi connectivity index (χ4v) is 3.29. The van der Waals surface area contributed by atoms with Crippen LogP contribution in [0.1, 0.15) is 23.7 Å². The third-order valence-electron chi connectivity index (χ3n) is 4.62. The number of β-amino-alcohol motifs (C(OH)–C–C–N with tert-alkyl or cyclic N) is 1. The van der Waals surface area contributed by atoms with Crippen LogP contribution in [0, 0.1) is 0 Å². The van der Waals surface area contributed by atoms with E-state index in [-0.39, 0.29) is 12.1 Å². The van der Waals surface area contributed by atoms with Crippen molar-refractivity contribution in [1.82, 2.24) is 9.47 Å². The summed E-state index contributed by atoms with van der Waals surface area (Å²) in [5.41, 5.74) is 2.53. The summed E-state index contributed by atoms with van der Waals surface area (Å²) in [6.07, 6.45) is 3.46. The van der Waals surface area contributed by atoms with E-state index in [9.17, 15) is 5.11 Å². The third kappa shape index (κ3) is 4.22. The summed E-state index contributed by atoms with van der Waals surface area (Å²) in [5.74, 6) is 0. The normalized spacial score (nSPS) is 20.5. The Labute approximate surface area is 138 Å². The molecule has 0 saturated carbocycles. The van der Waals surface area contributed by atoms with E-state index in [1.165, 1.54) is 11.3 Å². The molecule has 23 heavy (non-hydrogen) atoms. The van der Waals surface area contributed by atoms with Crippen LogP contribution in [0.25, 0.3) is 0 Å². The van der Waals surface area contributed by atoms with Crippen LogP contribution in [0.4, 0.5) is 0 Å². The van der Waals surface area contributed by atoms with Crippen molar-refractivity contribution < 1.29 is 9.84 Å². The summed E-state index contributed by atoms with van der Waals surface area (Å²) in [4.78, 5) is 2.36. The second-order valence-electron chi connectivity index (χ2n) is 6.31. The van der Waals surface area contributed by atoms with E-state index < -0.39 is 0 Å². The van der Waals surface area contributed by atoms with Gasteiger partial charge < -0.3 is 14.4 Å². The van der Waals surface area contributed by atoms with Gasteiger partial charge in [-0.05, 0) is 30.5 Å². The van der Waals surface area contributed by atoms with Crippen molar-refractivity contribution in [1.29, 1.82) is 0 Å². The van der Waals surface area contributed by atoms with Crippen LogP contribution < -0.4 is 0 Å². The summed E-state index contributed by atoms with van der Waals surface area (Å²) in [6, 6.07) is 14.8. The largest absolute Gasteiger partial charge is 0.392 e. The first-order valence-electron chi connectivity index (χ1n) is 8.39. The lowest BCUT2D eigenvalue weighted by molar-refractivity contribution is -0.0305. The van der Waals surface area contributed by atoms with Crippen LogP contribution in [0.15, 0.2) is 48.7 Å². The Hall–Kier alpha value is -1.62. The Morgan fingerprint density at radius 3 is 2.78 bits per heavy atom. The highest BCUT2D eigenvalue weighted by atomic mass is 16.5. The maximum atomic E-state index is 10.5. The second kappa shape index (κ2) is 7.77. The van der Waals surface area contributed by atoms with Gasteiger partial charge in [0.15, 0.2) is 0 Å². The molecule has 0 aliphatic carbocycles. The number of ether oxygens (including phenoxy) is 1. The van der Waals surface area contributed by atoms with Gasteiger partial charge in [0.05, 0.1) is 25.4 Å². The van der Waals surface area contributed by atoms with E-state index in [4.69, 9.17) is 4.74 Å². The number of aryl methyl sites for hydroxylation is 2. The number of benzene rings is 1. The summed E-state index contributed by atoms with van der Waals surface area (Å²) >= 11 is 0. The standard InChI is InChI=1S/C19H26N2O2/c1-20-11-5-8-18(20)19-15-23-13-12-21(19)14-17(22)10-9-16-6-3-2-4-7-16/h2-8,11,17,19,22H,9-10,12-15H2,1H3/t17-,19-/m1/s1. The Bertz CT molecular complexity index is 596. The van der Waals surface area contributed by atoms with Crippen LogP contribution >= 0.6 is 0 Å². The first-order chi connectivity index (χ1) is 11.2. The van der Waals surface area contributed by atoms with Crippen molar-refractivity contribution in [3.05, 3.63) is 59.9 Å². The van der Waals surface area contributed by atoms with Crippen molar-refractivity contribution in [2.24, 2.45) is 7.05 Å². The van der Waals surface area contributed by atoms with Crippen LogP contribution in [-0.4, -0.2) is 47.0 Å². The minimum Gasteiger partial charge on any atom is -0.392 e. The van der Waals surface area contributed by atoms with Gasteiger partial charge in [0.1, 0.15) is 0 Å². The Morgan fingerprint density at radius 2 is 2.04 bits per heavy atom. The molecular weight excluding hydrogens is 288 g/mol. The monoisotopic (exact) mass is 314 g/mol. The molecular formula is C19H26N2O2. The zero-order valence-corrected chi connectivity index (χ0v) is 13.8. The van der Waals surface area contributed by atoms with Gasteiger partial charge in [-0.2, -0.15) is 0 Å². The number of hydrogen-bond acceptors (Lipinski definition) is 3. The van der Waals surface area contributed by atoms with Gasteiger partial charge in [-0.3, -0.25) is 4.90 Å². The zero-order chi connectivity index (χ0) is 16.1. The zero-order valence-electron chi connectivity index (χ0n) is 13.8. The molecule has 2 atom stereocenters. The smallest absolute Gasteiger partial charge is 0.0739 e. The van der Waals surface area contributed by atoms with Gasteiger partial charge in [-0.15, -0.1) is 0 Å². The molecule has 1 N–H and O–H groups in total. The number of morpholine rings is 1. The molecule has 2 heterocycles. The molecule has 0 bridgehead atoms. The molecule has 1 aromatic heterocycles. The van der Waals surface area contributed by atoms with Gasteiger partial charge in [0.25, 0.3) is 0 Å². The predicted octanol–water partition coefficient (Wildman–Crippen LogP) is 2.39. The molecule has 0 spiro atoms. The first-order valence-corrected chi connectivity index (χ1v) is 8.39. The third-order valence-corrected chi connectivity index (χ3v) is 4.62. The summed E-state index contributed by atoms with van der Waals surface area (Å²) < 4.78 is 7.81. The van der Waals surface area contributed by atoms with Crippen LogP contribution in [-0.2, 0) is 18.2 Å². The molecule has 4 nitrogen and oxygen atoms in total. The summed E-state index contributed by atoms with van der Waals surface area (Å²) in [6.45, 7) is 3.01. The molecule has 124 valence electrons. The van der Waals surface area contributed by atoms with Crippen LogP contribution in [0.2, 0.25) is 0 Å². The Balaban J connectivity index is 1.57. The number of hydrogen-bond donors (Lipinski definition) is 1. The van der Waals surface area contributed by atoms with Crippen molar-refractivity contribution in [3.8, 4) is 0 Å². The number of rotatable bonds is 6. The maximum Gasteiger partial charge on any atom is 0.0739 e. The Kier molecular flexibility index (Phi) is 5.49. The molecule has 1 aliphatic rings. The van der Waals surface area contributed by atoms with Crippen molar-refractivity contribution in [2.75, 3.05) is 26.3 Å². The molecule has 3 rings (SSSR count). The molecule has 1 aromatic carbocycles. The quantitative estimate of drug-likeness (QED) is 0.889. The average molecular weight is 314 g/mol. The highest BCUT2D eigenvalue weighted by Crippen LogP contribution is 2.24. The van der Waals surface area contributed by atoms with E-state index in [0.29, 0.717) is 13.2 Å². The van der Waals surface area contributed by atoms with E-state index >= 15 is 0 Å². The SMILES string of the molecule is Cn1cccc1[C@H]1COCCN1C[C@H](O)CCc1ccccc1. The van der Waals surface area contributed by atoms with E-state index in [0.717, 1.165) is 26.0 Å². The number of aromatic nitrogens is 1. The molecule has 1 fully saturated rings. The van der Waals surface area contributed by atoms with Crippen LogP contribution in [0.3, 0.4) is 0 Å². The summed E-state index contributed by atoms with van der Waals surface area (Å²) in [5, 5.41) is 10.5. The molecule has 0 amide bonds. The van der Waals surface area contributed by atoms with Crippen molar-refractivity contribution in [2.45, 2.75) is 25.0 Å². The van der Waals surface area contributed by atoms with E-state index in [1.54, 1.807) is 0 Å². The van der Waals surface area contributed by atoms with Gasteiger partial charge in [-0.25, -0.2) is 0 Å². The maximum absolute atomic E-state index is 10.5. The lowest BCUT2D eigenvalue weighted by atomic mass is 10.1. The van der Waals surface area contributed by atoms with Gasteiger partial charge in [0, 0.05) is 32.0 Å². The minimum absolute atomic E-state index is 0.232. The molecule has 4 heteroatoms. The fourth-order valence-electron chi connectivity index (χ4n) is 3.29. The Morgan fingerprint density at radius 1 is 1.22 bits per heavy atom. The highest BCUT2D eigenvalue weighted by Gasteiger charge is 2.27. The first kappa shape index (κ1) is 16.2. The highest BCUT2D eigenvalue weighted by molar-refractivity contribution is 5.15. The number of aliphatic hydroxyl groups is 1. The topological polar surface area (TPSA) is 37.6 Å². The van der Waals surface area contributed by atoms with E-state index in [2.05, 4.69) is 59.1 Å². The van der Waals surface area contributed by atoms with Gasteiger partial charge in [0.2, 0.25) is 0 Å². The van der Waals surface area contributed by atoms with Crippen LogP contribution in [0.5, 0.6) is 0 Å². The number of aliphatic hydroxyl groups excluding tert-OH is 1. The second-order valence-corrected chi connectivity index (χ2v) is 6.31. The molecule has 0 unspecified atom stereocenters. The predicted molar refractivity (Wildman–Crippen MR) is 91.3 cm³/mol. The lowest BCUT2D eigenvalue weighted by Crippen LogP contribution is -2.44. The fraction of sp³-hybridized carbons (Fsp3) is 0.474.